The molecule has 0 radical (unpaired) electrons. The van der Waals surface area contributed by atoms with Crippen LogP contribution in [0.3, 0.4) is 0 Å². The molecule has 0 aromatic carbocycles. The van der Waals surface area contributed by atoms with Gasteiger partial charge in [-0.1, -0.05) is 302 Å². The van der Waals surface area contributed by atoms with Gasteiger partial charge in [-0.05, 0) is 57.4 Å². The molecule has 0 aliphatic rings. The van der Waals surface area contributed by atoms with Gasteiger partial charge in [0.25, 0.3) is 7.82 Å². The van der Waals surface area contributed by atoms with Crippen LogP contribution < -0.4 is 10.2 Å². The zero-order valence-electron chi connectivity index (χ0n) is 52.9. The van der Waals surface area contributed by atoms with Crippen molar-refractivity contribution in [3.8, 4) is 0 Å². The van der Waals surface area contributed by atoms with Gasteiger partial charge in [-0.15, -0.1) is 0 Å². The zero-order valence-corrected chi connectivity index (χ0v) is 53.8. The molecule has 0 aromatic rings. The molecule has 1 amide bonds. The summed E-state index contributed by atoms with van der Waals surface area (Å²) < 4.78 is 30.4. The monoisotopic (exact) mass is 1120 g/mol. The van der Waals surface area contributed by atoms with Crippen molar-refractivity contribution in [2.24, 2.45) is 0 Å². The summed E-state index contributed by atoms with van der Waals surface area (Å²) in [5.41, 5.74) is 0. The molecule has 0 aromatic heterocycles. The number of ether oxygens (including phenoxy) is 1. The summed E-state index contributed by atoms with van der Waals surface area (Å²) in [5, 5.41) is 3.05. The molecule has 0 rings (SSSR count). The highest BCUT2D eigenvalue weighted by molar-refractivity contribution is 7.45. The molecular formula is C68H133N2O7P. The van der Waals surface area contributed by atoms with Gasteiger partial charge in [0.1, 0.15) is 19.3 Å². The average molecular weight is 1120 g/mol. The van der Waals surface area contributed by atoms with E-state index in [-0.39, 0.29) is 31.5 Å². The Morgan fingerprint density at radius 1 is 0.436 bits per heavy atom. The number of allylic oxidation sites excluding steroid dienone is 3. The summed E-state index contributed by atoms with van der Waals surface area (Å²) in [7, 11) is 1.21. The Bertz CT molecular complexity index is 1380. The molecule has 0 saturated heterocycles. The maximum Gasteiger partial charge on any atom is 0.306 e. The summed E-state index contributed by atoms with van der Waals surface area (Å²) in [6.07, 6.45) is 70.0. The number of quaternary nitrogens is 1. The fourth-order valence-corrected chi connectivity index (χ4v) is 11.1. The Balaban J connectivity index is 5.11. The average Bonchev–Trinajstić information content (AvgIpc) is 3.40. The van der Waals surface area contributed by atoms with E-state index < -0.39 is 20.0 Å². The number of rotatable bonds is 63. The number of esters is 1. The molecule has 0 fully saturated rings. The van der Waals surface area contributed by atoms with Crippen molar-refractivity contribution < 1.29 is 37.3 Å². The first-order valence-electron chi connectivity index (χ1n) is 34.1. The molecule has 0 heterocycles. The quantitative estimate of drug-likeness (QED) is 0.0212. The van der Waals surface area contributed by atoms with Gasteiger partial charge < -0.3 is 28.5 Å². The van der Waals surface area contributed by atoms with Crippen LogP contribution in [0.2, 0.25) is 0 Å². The molecule has 78 heavy (non-hydrogen) atoms. The lowest BCUT2D eigenvalue weighted by atomic mass is 10.0. The largest absolute Gasteiger partial charge is 0.756 e. The van der Waals surface area contributed by atoms with Crippen LogP contribution in [0.25, 0.3) is 0 Å². The van der Waals surface area contributed by atoms with Crippen molar-refractivity contribution in [1.82, 2.24) is 5.32 Å². The Morgan fingerprint density at radius 2 is 0.744 bits per heavy atom. The number of carbonyl (C=O) groups is 2. The van der Waals surface area contributed by atoms with Crippen LogP contribution in [0.15, 0.2) is 24.3 Å². The van der Waals surface area contributed by atoms with Crippen LogP contribution in [-0.2, 0) is 27.9 Å². The Morgan fingerprint density at radius 3 is 1.09 bits per heavy atom. The van der Waals surface area contributed by atoms with Crippen molar-refractivity contribution in [1.29, 1.82) is 0 Å². The minimum absolute atomic E-state index is 0.0180. The third-order valence-corrected chi connectivity index (χ3v) is 16.6. The number of unbranched alkanes of at least 4 members (excludes halogenated alkanes) is 45. The van der Waals surface area contributed by atoms with Gasteiger partial charge in [0.2, 0.25) is 5.91 Å². The number of amides is 1. The number of phosphoric acid groups is 1. The normalized spacial score (nSPS) is 13.7. The highest BCUT2D eigenvalue weighted by Gasteiger charge is 2.27. The summed E-state index contributed by atoms with van der Waals surface area (Å²) in [4.78, 5) is 40.1. The van der Waals surface area contributed by atoms with Crippen LogP contribution in [0.1, 0.15) is 348 Å². The van der Waals surface area contributed by atoms with Crippen molar-refractivity contribution >= 4 is 19.7 Å². The maximum absolute atomic E-state index is 13.6. The van der Waals surface area contributed by atoms with E-state index in [1.165, 1.54) is 257 Å². The number of phosphoric ester groups is 1. The highest BCUT2D eigenvalue weighted by Crippen LogP contribution is 2.38. The molecule has 3 unspecified atom stereocenters. The summed E-state index contributed by atoms with van der Waals surface area (Å²) in [6, 6.07) is -0.882. The van der Waals surface area contributed by atoms with Crippen LogP contribution in [0.5, 0.6) is 0 Å². The Hall–Kier alpha value is -1.51. The van der Waals surface area contributed by atoms with E-state index in [2.05, 4.69) is 38.2 Å². The van der Waals surface area contributed by atoms with E-state index in [4.69, 9.17) is 13.8 Å². The van der Waals surface area contributed by atoms with Gasteiger partial charge >= 0.3 is 5.97 Å². The molecule has 9 nitrogen and oxygen atoms in total. The van der Waals surface area contributed by atoms with Crippen molar-refractivity contribution in [2.75, 3.05) is 40.9 Å². The lowest BCUT2D eigenvalue weighted by molar-refractivity contribution is -0.870. The predicted octanol–water partition coefficient (Wildman–Crippen LogP) is 20.7. The molecule has 0 saturated carbocycles. The van der Waals surface area contributed by atoms with Crippen LogP contribution in [-0.4, -0.2) is 69.4 Å². The number of nitrogens with one attached hydrogen (secondary N) is 1. The van der Waals surface area contributed by atoms with Crippen LogP contribution in [0.4, 0.5) is 0 Å². The fraction of sp³-hybridized carbons (Fsp3) is 0.912. The van der Waals surface area contributed by atoms with E-state index in [1.54, 1.807) is 0 Å². The molecule has 10 heteroatoms. The summed E-state index contributed by atoms with van der Waals surface area (Å²) in [5.74, 6) is -0.519. The van der Waals surface area contributed by atoms with Gasteiger partial charge in [-0.2, -0.15) is 0 Å². The van der Waals surface area contributed by atoms with Crippen LogP contribution in [0, 0.1) is 0 Å². The number of likely N-dealkylation sites (N-methyl/N-ethyl adjacent to an activating group) is 1. The minimum atomic E-state index is -4.70. The Labute approximate surface area is 485 Å². The SMILES string of the molecule is CCCCCCCC/C=C/CCCCCCCCCCCCCCCC(=O)OC(/C=C/CCCCCCCCCCCCC)C(COP(=O)([O-])OCC[N+](C)(C)C)NC(=O)CCCCCCCCCCCCCCCCCC. The highest BCUT2D eigenvalue weighted by atomic mass is 31.2. The first-order chi connectivity index (χ1) is 37.9. The zero-order chi connectivity index (χ0) is 57.2. The molecule has 1 N–H and O–H groups in total. The molecule has 0 bridgehead atoms. The first kappa shape index (κ1) is 76.5. The first-order valence-corrected chi connectivity index (χ1v) is 35.6. The topological polar surface area (TPSA) is 114 Å². The van der Waals surface area contributed by atoms with Gasteiger partial charge in [0.15, 0.2) is 0 Å². The predicted molar refractivity (Wildman–Crippen MR) is 335 cm³/mol. The Kier molecular flexibility index (Phi) is 57.5. The van der Waals surface area contributed by atoms with E-state index in [9.17, 15) is 19.0 Å². The third-order valence-electron chi connectivity index (χ3n) is 15.6. The number of carbonyl (C=O) groups excluding carboxylic acids is 2. The fourth-order valence-electron chi connectivity index (χ4n) is 10.3. The van der Waals surface area contributed by atoms with Gasteiger partial charge in [-0.25, -0.2) is 0 Å². The van der Waals surface area contributed by atoms with E-state index in [1.807, 2.05) is 33.3 Å². The standard InChI is InChI=1S/C68H133N2O7P/c1-7-10-13-16-19-22-25-28-30-32-33-34-35-36-37-38-40-43-46-49-52-55-58-61-68(72)77-66(59-56-53-50-47-44-41-27-24-21-18-15-12-9-3)65(64-76-78(73,74)75-63-62-70(4,5)6)69-67(71)60-57-54-51-48-45-42-39-31-29-26-23-20-17-14-11-8-2/h28,30,56,59,65-66H,7-27,29,31-55,57-58,60-64H2,1-6H3,(H-,69,71,73,74)/b30-28+,59-56+. The van der Waals surface area contributed by atoms with Gasteiger partial charge in [0, 0.05) is 12.8 Å². The summed E-state index contributed by atoms with van der Waals surface area (Å²) in [6.45, 7) is 6.90. The number of hydrogen-bond acceptors (Lipinski definition) is 7. The van der Waals surface area contributed by atoms with Gasteiger partial charge in [-0.3, -0.25) is 14.2 Å². The summed E-state index contributed by atoms with van der Waals surface area (Å²) >= 11 is 0. The van der Waals surface area contributed by atoms with Gasteiger partial charge in [0.05, 0.1) is 33.8 Å². The van der Waals surface area contributed by atoms with Crippen molar-refractivity contribution in [3.63, 3.8) is 0 Å². The lowest BCUT2D eigenvalue weighted by Gasteiger charge is -2.30. The smallest absolute Gasteiger partial charge is 0.306 e. The van der Waals surface area contributed by atoms with E-state index >= 15 is 0 Å². The second-order valence-corrected chi connectivity index (χ2v) is 26.1. The molecule has 0 aliphatic heterocycles. The second kappa shape index (κ2) is 58.7. The second-order valence-electron chi connectivity index (χ2n) is 24.7. The van der Waals surface area contributed by atoms with E-state index in [0.717, 1.165) is 57.8 Å². The van der Waals surface area contributed by atoms with Crippen LogP contribution >= 0.6 is 7.82 Å². The third kappa shape index (κ3) is 59.1. The molecule has 0 aliphatic carbocycles. The van der Waals surface area contributed by atoms with Crippen molar-refractivity contribution in [3.05, 3.63) is 24.3 Å². The lowest BCUT2D eigenvalue weighted by Crippen LogP contribution is -2.47. The molecule has 462 valence electrons. The number of hydrogen-bond donors (Lipinski definition) is 1. The maximum atomic E-state index is 13.6. The molecular weight excluding hydrogens is 988 g/mol. The van der Waals surface area contributed by atoms with E-state index in [0.29, 0.717) is 17.4 Å². The van der Waals surface area contributed by atoms with Crippen molar-refractivity contribution in [2.45, 2.75) is 360 Å². The number of nitrogens with zero attached hydrogens (tertiary/aromatic N) is 1. The minimum Gasteiger partial charge on any atom is -0.756 e. The molecule has 3 atom stereocenters. The molecule has 0 spiro atoms.